The topological polar surface area (TPSA) is 79.8 Å². The van der Waals surface area contributed by atoms with Crippen LogP contribution in [-0.4, -0.2) is 20.9 Å². The minimum atomic E-state index is -0.259. The quantitative estimate of drug-likeness (QED) is 0.739. The van der Waals surface area contributed by atoms with Gasteiger partial charge in [0.1, 0.15) is 17.3 Å². The summed E-state index contributed by atoms with van der Waals surface area (Å²) in [5, 5.41) is 6.14. The average Bonchev–Trinajstić information content (AvgIpc) is 2.63. The lowest BCUT2D eigenvalue weighted by molar-refractivity contribution is 0.0945. The van der Waals surface area contributed by atoms with Gasteiger partial charge in [-0.1, -0.05) is 24.3 Å². The van der Waals surface area contributed by atoms with Gasteiger partial charge in [0.15, 0.2) is 0 Å². The summed E-state index contributed by atoms with van der Waals surface area (Å²) in [4.78, 5) is 25.3. The molecule has 0 saturated heterocycles. The number of anilines is 2. The lowest BCUT2D eigenvalue weighted by atomic mass is 10.1. The van der Waals surface area contributed by atoms with E-state index in [0.717, 1.165) is 22.5 Å². The zero-order chi connectivity index (χ0) is 18.5. The fourth-order valence-electron chi connectivity index (χ4n) is 2.65. The summed E-state index contributed by atoms with van der Waals surface area (Å²) in [7, 11) is 0. The van der Waals surface area contributed by atoms with Crippen molar-refractivity contribution >= 4 is 17.4 Å². The van der Waals surface area contributed by atoms with Gasteiger partial charge in [-0.2, -0.15) is 0 Å². The van der Waals surface area contributed by atoms with E-state index in [1.807, 2.05) is 50.2 Å². The molecule has 0 bridgehead atoms. The number of pyridine rings is 1. The van der Waals surface area contributed by atoms with Gasteiger partial charge in [0, 0.05) is 18.0 Å². The number of hydrogen-bond donors (Lipinski definition) is 2. The molecule has 1 amide bonds. The zero-order valence-electron chi connectivity index (χ0n) is 15.1. The summed E-state index contributed by atoms with van der Waals surface area (Å²) in [6, 6.07) is 13.3. The van der Waals surface area contributed by atoms with Crippen LogP contribution < -0.4 is 10.6 Å². The molecule has 2 heterocycles. The second-order valence-corrected chi connectivity index (χ2v) is 6.08. The van der Waals surface area contributed by atoms with Crippen LogP contribution in [0, 0.1) is 20.8 Å². The third-order valence-electron chi connectivity index (χ3n) is 3.96. The normalized spacial score (nSPS) is 10.4. The number of para-hydroxylation sites is 1. The first-order chi connectivity index (χ1) is 12.5. The van der Waals surface area contributed by atoms with E-state index in [0.29, 0.717) is 23.9 Å². The molecular formula is C20H21N5O. The fourth-order valence-corrected chi connectivity index (χ4v) is 2.65. The molecule has 0 saturated carbocycles. The molecule has 0 atom stereocenters. The average molecular weight is 347 g/mol. The summed E-state index contributed by atoms with van der Waals surface area (Å²) < 4.78 is 0. The number of carbonyl (C=O) groups excluding carboxylic acids is 1. The SMILES string of the molecule is Cc1nc(Nc2c(C)cccc2C)cc(C(=O)NCc2ccccn2)n1. The molecule has 2 aromatic heterocycles. The predicted octanol–water partition coefficient (Wildman–Crippen LogP) is 3.47. The molecule has 0 fully saturated rings. The van der Waals surface area contributed by atoms with Crippen molar-refractivity contribution in [3.8, 4) is 0 Å². The molecule has 6 heteroatoms. The Morgan fingerprint density at radius 3 is 2.46 bits per heavy atom. The first-order valence-corrected chi connectivity index (χ1v) is 8.40. The highest BCUT2D eigenvalue weighted by Crippen LogP contribution is 2.23. The van der Waals surface area contributed by atoms with Crippen molar-refractivity contribution in [2.75, 3.05) is 5.32 Å². The molecule has 0 unspecified atom stereocenters. The van der Waals surface area contributed by atoms with Gasteiger partial charge in [0.05, 0.1) is 12.2 Å². The third-order valence-corrected chi connectivity index (χ3v) is 3.96. The Bertz CT molecular complexity index is 904. The molecule has 0 aliphatic rings. The Labute approximate surface area is 152 Å². The lowest BCUT2D eigenvalue weighted by Crippen LogP contribution is -2.24. The molecule has 0 radical (unpaired) electrons. The Kier molecular flexibility index (Phi) is 5.22. The van der Waals surface area contributed by atoms with Gasteiger partial charge < -0.3 is 10.6 Å². The number of aryl methyl sites for hydroxylation is 3. The number of rotatable bonds is 5. The van der Waals surface area contributed by atoms with Crippen molar-refractivity contribution in [2.45, 2.75) is 27.3 Å². The van der Waals surface area contributed by atoms with E-state index >= 15 is 0 Å². The van der Waals surface area contributed by atoms with Crippen LogP contribution in [0.1, 0.15) is 33.1 Å². The van der Waals surface area contributed by atoms with E-state index in [1.165, 1.54) is 0 Å². The number of nitrogens with one attached hydrogen (secondary N) is 2. The van der Waals surface area contributed by atoms with Crippen molar-refractivity contribution in [3.63, 3.8) is 0 Å². The molecule has 6 nitrogen and oxygen atoms in total. The van der Waals surface area contributed by atoms with Gasteiger partial charge in [-0.3, -0.25) is 9.78 Å². The lowest BCUT2D eigenvalue weighted by Gasteiger charge is -2.13. The number of hydrogen-bond acceptors (Lipinski definition) is 5. The summed E-state index contributed by atoms with van der Waals surface area (Å²) in [6.45, 7) is 6.18. The third kappa shape index (κ3) is 4.22. The Morgan fingerprint density at radius 1 is 1.00 bits per heavy atom. The van der Waals surface area contributed by atoms with Crippen LogP contribution >= 0.6 is 0 Å². The maximum Gasteiger partial charge on any atom is 0.270 e. The zero-order valence-corrected chi connectivity index (χ0v) is 15.1. The molecular weight excluding hydrogens is 326 g/mol. The Morgan fingerprint density at radius 2 is 1.77 bits per heavy atom. The van der Waals surface area contributed by atoms with Gasteiger partial charge in [0.25, 0.3) is 5.91 Å². The van der Waals surface area contributed by atoms with Crippen LogP contribution in [0.4, 0.5) is 11.5 Å². The minimum Gasteiger partial charge on any atom is -0.345 e. The van der Waals surface area contributed by atoms with Gasteiger partial charge in [-0.25, -0.2) is 9.97 Å². The van der Waals surface area contributed by atoms with Gasteiger partial charge in [-0.05, 0) is 44.0 Å². The second kappa shape index (κ2) is 7.74. The molecule has 1 aromatic carbocycles. The fraction of sp³-hybridized carbons (Fsp3) is 0.200. The van der Waals surface area contributed by atoms with E-state index < -0.39 is 0 Å². The molecule has 2 N–H and O–H groups in total. The van der Waals surface area contributed by atoms with Crippen molar-refractivity contribution in [3.05, 3.63) is 77.0 Å². The van der Waals surface area contributed by atoms with Crippen LogP contribution in [0.3, 0.4) is 0 Å². The Hall–Kier alpha value is -3.28. The molecule has 0 aliphatic carbocycles. The highest BCUT2D eigenvalue weighted by Gasteiger charge is 2.12. The summed E-state index contributed by atoms with van der Waals surface area (Å²) in [5.74, 6) is 0.868. The van der Waals surface area contributed by atoms with Crippen molar-refractivity contribution in [2.24, 2.45) is 0 Å². The van der Waals surface area contributed by atoms with Crippen LogP contribution in [0.25, 0.3) is 0 Å². The highest BCUT2D eigenvalue weighted by molar-refractivity contribution is 5.93. The number of nitrogens with zero attached hydrogens (tertiary/aromatic N) is 3. The van der Waals surface area contributed by atoms with E-state index in [-0.39, 0.29) is 5.91 Å². The smallest absolute Gasteiger partial charge is 0.270 e. The summed E-state index contributed by atoms with van der Waals surface area (Å²) in [5.41, 5.74) is 4.33. The van der Waals surface area contributed by atoms with Crippen LogP contribution in [0.2, 0.25) is 0 Å². The van der Waals surface area contributed by atoms with Crippen molar-refractivity contribution < 1.29 is 4.79 Å². The van der Waals surface area contributed by atoms with Crippen LogP contribution in [0.5, 0.6) is 0 Å². The number of carbonyl (C=O) groups is 1. The number of benzene rings is 1. The van der Waals surface area contributed by atoms with Gasteiger partial charge in [-0.15, -0.1) is 0 Å². The summed E-state index contributed by atoms with van der Waals surface area (Å²) >= 11 is 0. The summed E-state index contributed by atoms with van der Waals surface area (Å²) in [6.07, 6.45) is 1.70. The van der Waals surface area contributed by atoms with Crippen LogP contribution in [-0.2, 0) is 6.54 Å². The Balaban J connectivity index is 1.78. The molecule has 132 valence electrons. The van der Waals surface area contributed by atoms with Gasteiger partial charge in [0.2, 0.25) is 0 Å². The minimum absolute atomic E-state index is 0.259. The maximum absolute atomic E-state index is 12.5. The van der Waals surface area contributed by atoms with Crippen LogP contribution in [0.15, 0.2) is 48.7 Å². The monoisotopic (exact) mass is 347 g/mol. The van der Waals surface area contributed by atoms with E-state index in [1.54, 1.807) is 19.2 Å². The van der Waals surface area contributed by atoms with E-state index in [4.69, 9.17) is 0 Å². The first-order valence-electron chi connectivity index (χ1n) is 8.40. The molecule has 3 rings (SSSR count). The highest BCUT2D eigenvalue weighted by atomic mass is 16.1. The van der Waals surface area contributed by atoms with Gasteiger partial charge >= 0.3 is 0 Å². The van der Waals surface area contributed by atoms with E-state index in [9.17, 15) is 4.79 Å². The second-order valence-electron chi connectivity index (χ2n) is 6.08. The van der Waals surface area contributed by atoms with E-state index in [2.05, 4.69) is 25.6 Å². The molecule has 0 spiro atoms. The molecule has 0 aliphatic heterocycles. The number of amides is 1. The maximum atomic E-state index is 12.5. The first kappa shape index (κ1) is 17.5. The molecule has 3 aromatic rings. The number of aromatic nitrogens is 3. The van der Waals surface area contributed by atoms with Crippen molar-refractivity contribution in [1.29, 1.82) is 0 Å². The molecule has 26 heavy (non-hydrogen) atoms. The van der Waals surface area contributed by atoms with Crippen molar-refractivity contribution in [1.82, 2.24) is 20.3 Å². The largest absolute Gasteiger partial charge is 0.345 e. The standard InChI is InChI=1S/C20H21N5O/c1-13-7-6-8-14(2)19(13)25-18-11-17(23-15(3)24-18)20(26)22-12-16-9-4-5-10-21-16/h4-11H,12H2,1-3H3,(H,22,26)(H,23,24,25). The predicted molar refractivity (Wildman–Crippen MR) is 101 cm³/mol.